The van der Waals surface area contributed by atoms with Crippen molar-refractivity contribution in [3.05, 3.63) is 75.2 Å². The highest BCUT2D eigenvalue weighted by atomic mass is 79.9. The van der Waals surface area contributed by atoms with Crippen LogP contribution in [0.5, 0.6) is 5.75 Å². The van der Waals surface area contributed by atoms with Crippen LogP contribution in [0.15, 0.2) is 74.7 Å². The standard InChI is InChI=1S/C22H20Br2N2O2/c1-14(2)22(15-6-4-3-5-7-15)26-25-20(27)13-28-19-11-8-16-12-17(23)9-10-18(16)21(19)24/h3-12,14H,13H2,1-2H3,(H,25,27)/b26-22+. The molecule has 1 amide bonds. The molecule has 0 saturated heterocycles. The normalized spacial score (nSPS) is 11.7. The van der Waals surface area contributed by atoms with Crippen LogP contribution in [-0.4, -0.2) is 18.2 Å². The molecule has 0 unspecified atom stereocenters. The van der Waals surface area contributed by atoms with Gasteiger partial charge >= 0.3 is 0 Å². The summed E-state index contributed by atoms with van der Waals surface area (Å²) in [6.07, 6.45) is 0. The zero-order chi connectivity index (χ0) is 20.1. The predicted octanol–water partition coefficient (Wildman–Crippen LogP) is 5.92. The number of carbonyl (C=O) groups is 1. The minimum Gasteiger partial charge on any atom is -0.483 e. The summed E-state index contributed by atoms with van der Waals surface area (Å²) in [6.45, 7) is 3.96. The molecule has 0 spiro atoms. The average molecular weight is 504 g/mol. The molecule has 0 aromatic heterocycles. The molecule has 0 bridgehead atoms. The predicted molar refractivity (Wildman–Crippen MR) is 121 cm³/mol. The summed E-state index contributed by atoms with van der Waals surface area (Å²) in [5.41, 5.74) is 4.41. The van der Waals surface area contributed by atoms with E-state index in [1.165, 1.54) is 0 Å². The minimum atomic E-state index is -0.308. The fourth-order valence-electron chi connectivity index (χ4n) is 2.79. The fraction of sp³-hybridized carbons (Fsp3) is 0.182. The van der Waals surface area contributed by atoms with Gasteiger partial charge in [-0.3, -0.25) is 4.79 Å². The molecule has 0 fully saturated rings. The second-order valence-electron chi connectivity index (χ2n) is 6.58. The zero-order valence-corrected chi connectivity index (χ0v) is 18.7. The molecular formula is C22H20Br2N2O2. The first-order chi connectivity index (χ1) is 13.5. The molecule has 0 atom stereocenters. The first-order valence-corrected chi connectivity index (χ1v) is 10.5. The highest BCUT2D eigenvalue weighted by Gasteiger charge is 2.11. The third-order valence-electron chi connectivity index (χ3n) is 4.16. The van der Waals surface area contributed by atoms with E-state index in [1.807, 2.05) is 74.5 Å². The molecule has 0 aliphatic rings. The molecule has 0 aliphatic heterocycles. The number of hydrazone groups is 1. The lowest BCUT2D eigenvalue weighted by atomic mass is 10.0. The van der Waals surface area contributed by atoms with Gasteiger partial charge in [0.15, 0.2) is 6.61 Å². The molecule has 3 aromatic carbocycles. The number of benzene rings is 3. The van der Waals surface area contributed by atoms with Crippen LogP contribution in [0, 0.1) is 5.92 Å². The Labute approximate surface area is 181 Å². The highest BCUT2D eigenvalue weighted by Crippen LogP contribution is 2.34. The Morgan fingerprint density at radius 2 is 1.82 bits per heavy atom. The number of hydrogen-bond donors (Lipinski definition) is 1. The molecule has 144 valence electrons. The summed E-state index contributed by atoms with van der Waals surface area (Å²) >= 11 is 7.04. The van der Waals surface area contributed by atoms with Gasteiger partial charge in [0, 0.05) is 4.47 Å². The SMILES string of the molecule is CC(C)/C(=N\NC(=O)COc1ccc2cc(Br)ccc2c1Br)c1ccccc1. The van der Waals surface area contributed by atoms with Crippen molar-refractivity contribution < 1.29 is 9.53 Å². The lowest BCUT2D eigenvalue weighted by Gasteiger charge is -2.12. The van der Waals surface area contributed by atoms with Crippen LogP contribution in [-0.2, 0) is 4.79 Å². The smallest absolute Gasteiger partial charge is 0.277 e. The van der Waals surface area contributed by atoms with E-state index in [9.17, 15) is 4.79 Å². The molecule has 0 radical (unpaired) electrons. The maximum absolute atomic E-state index is 12.2. The van der Waals surface area contributed by atoms with Gasteiger partial charge in [0.05, 0.1) is 10.2 Å². The van der Waals surface area contributed by atoms with E-state index in [2.05, 4.69) is 42.4 Å². The Bertz CT molecular complexity index is 1020. The first-order valence-electron chi connectivity index (χ1n) is 8.88. The van der Waals surface area contributed by atoms with Gasteiger partial charge in [-0.1, -0.05) is 72.2 Å². The molecule has 3 rings (SSSR count). The molecule has 6 heteroatoms. The summed E-state index contributed by atoms with van der Waals surface area (Å²) in [4.78, 5) is 12.2. The molecular weight excluding hydrogens is 484 g/mol. The van der Waals surface area contributed by atoms with E-state index in [0.29, 0.717) is 5.75 Å². The molecule has 0 aliphatic carbocycles. The van der Waals surface area contributed by atoms with E-state index < -0.39 is 0 Å². The number of rotatable bonds is 6. The molecule has 0 saturated carbocycles. The lowest BCUT2D eigenvalue weighted by molar-refractivity contribution is -0.123. The fourth-order valence-corrected chi connectivity index (χ4v) is 3.77. The van der Waals surface area contributed by atoms with Crippen LogP contribution in [0.1, 0.15) is 19.4 Å². The third-order valence-corrected chi connectivity index (χ3v) is 5.47. The molecule has 3 aromatic rings. The third kappa shape index (κ3) is 5.00. The van der Waals surface area contributed by atoms with Crippen molar-refractivity contribution >= 4 is 54.3 Å². The van der Waals surface area contributed by atoms with E-state index >= 15 is 0 Å². The number of nitrogens with zero attached hydrogens (tertiary/aromatic N) is 1. The van der Waals surface area contributed by atoms with Crippen LogP contribution in [0.2, 0.25) is 0 Å². The Balaban J connectivity index is 1.68. The summed E-state index contributed by atoms with van der Waals surface area (Å²) in [7, 11) is 0. The van der Waals surface area contributed by atoms with Crippen LogP contribution in [0.4, 0.5) is 0 Å². The van der Waals surface area contributed by atoms with E-state index in [-0.39, 0.29) is 18.4 Å². The highest BCUT2D eigenvalue weighted by molar-refractivity contribution is 9.11. The maximum atomic E-state index is 12.2. The Hall–Kier alpha value is -2.18. The van der Waals surface area contributed by atoms with E-state index in [4.69, 9.17) is 4.74 Å². The van der Waals surface area contributed by atoms with Gasteiger partial charge in [0.1, 0.15) is 5.75 Å². The van der Waals surface area contributed by atoms with Crippen molar-refractivity contribution in [1.29, 1.82) is 0 Å². The van der Waals surface area contributed by atoms with Gasteiger partial charge < -0.3 is 4.74 Å². The Morgan fingerprint density at radius 3 is 2.54 bits per heavy atom. The molecule has 1 N–H and O–H groups in total. The topological polar surface area (TPSA) is 50.7 Å². The summed E-state index contributed by atoms with van der Waals surface area (Å²) in [6, 6.07) is 19.6. The quantitative estimate of drug-likeness (QED) is 0.335. The number of amides is 1. The number of carbonyl (C=O) groups excluding carboxylic acids is 1. The van der Waals surface area contributed by atoms with Crippen molar-refractivity contribution in [3.8, 4) is 5.75 Å². The number of hydrogen-bond acceptors (Lipinski definition) is 3. The first kappa shape index (κ1) is 20.6. The van der Waals surface area contributed by atoms with Crippen LogP contribution in [0.25, 0.3) is 10.8 Å². The Morgan fingerprint density at radius 1 is 1.07 bits per heavy atom. The second kappa shape index (κ2) is 9.34. The lowest BCUT2D eigenvalue weighted by Crippen LogP contribution is -2.27. The van der Waals surface area contributed by atoms with Crippen LogP contribution in [0.3, 0.4) is 0 Å². The Kier molecular flexibility index (Phi) is 6.86. The van der Waals surface area contributed by atoms with Gasteiger partial charge in [-0.25, -0.2) is 5.43 Å². The monoisotopic (exact) mass is 502 g/mol. The summed E-state index contributed by atoms with van der Waals surface area (Å²) in [5.74, 6) is 0.482. The van der Waals surface area contributed by atoms with Crippen molar-refractivity contribution in [3.63, 3.8) is 0 Å². The van der Waals surface area contributed by atoms with Crippen LogP contribution >= 0.6 is 31.9 Å². The number of ether oxygens (including phenoxy) is 1. The van der Waals surface area contributed by atoms with Gasteiger partial charge in [0.25, 0.3) is 5.91 Å². The summed E-state index contributed by atoms with van der Waals surface area (Å²) < 4.78 is 7.53. The van der Waals surface area contributed by atoms with Crippen molar-refractivity contribution in [2.45, 2.75) is 13.8 Å². The van der Waals surface area contributed by atoms with Gasteiger partial charge in [-0.2, -0.15) is 5.10 Å². The minimum absolute atomic E-state index is 0.121. The average Bonchev–Trinajstić information content (AvgIpc) is 2.68. The van der Waals surface area contributed by atoms with Crippen molar-refractivity contribution in [2.75, 3.05) is 6.61 Å². The summed E-state index contributed by atoms with van der Waals surface area (Å²) in [5, 5.41) is 6.40. The number of nitrogens with one attached hydrogen (secondary N) is 1. The zero-order valence-electron chi connectivity index (χ0n) is 15.6. The number of halogens is 2. The molecule has 28 heavy (non-hydrogen) atoms. The second-order valence-corrected chi connectivity index (χ2v) is 8.29. The van der Waals surface area contributed by atoms with Gasteiger partial charge in [-0.05, 0) is 56.4 Å². The molecule has 0 heterocycles. The largest absolute Gasteiger partial charge is 0.483 e. The maximum Gasteiger partial charge on any atom is 0.277 e. The van der Waals surface area contributed by atoms with Gasteiger partial charge in [-0.15, -0.1) is 0 Å². The van der Waals surface area contributed by atoms with Crippen molar-refractivity contribution in [2.24, 2.45) is 11.0 Å². The molecule has 4 nitrogen and oxygen atoms in total. The number of fused-ring (bicyclic) bond motifs is 1. The van der Waals surface area contributed by atoms with Gasteiger partial charge in [0.2, 0.25) is 0 Å². The van der Waals surface area contributed by atoms with Crippen LogP contribution < -0.4 is 10.2 Å². The van der Waals surface area contributed by atoms with E-state index in [0.717, 1.165) is 31.0 Å². The van der Waals surface area contributed by atoms with Crippen molar-refractivity contribution in [1.82, 2.24) is 5.43 Å². The van der Waals surface area contributed by atoms with E-state index in [1.54, 1.807) is 0 Å².